The predicted octanol–water partition coefficient (Wildman–Crippen LogP) is 1.55. The van der Waals surface area contributed by atoms with Crippen molar-refractivity contribution in [1.82, 2.24) is 0 Å². The fourth-order valence-corrected chi connectivity index (χ4v) is 2.08. The highest BCUT2D eigenvalue weighted by atomic mass is 16.3. The lowest BCUT2D eigenvalue weighted by atomic mass is 9.63. The van der Waals surface area contributed by atoms with Crippen LogP contribution in [-0.2, 0) is 0 Å². The van der Waals surface area contributed by atoms with Crippen molar-refractivity contribution >= 4 is 0 Å². The van der Waals surface area contributed by atoms with Gasteiger partial charge in [-0.1, -0.05) is 20.8 Å². The Labute approximate surface area is 74.6 Å². The summed E-state index contributed by atoms with van der Waals surface area (Å²) in [7, 11) is 0. The molecule has 0 bridgehead atoms. The lowest BCUT2D eigenvalue weighted by Crippen LogP contribution is -2.55. The molecule has 0 aliphatic heterocycles. The molecule has 3 atom stereocenters. The van der Waals surface area contributed by atoms with Crippen molar-refractivity contribution < 1.29 is 10.2 Å². The maximum absolute atomic E-state index is 10.00. The van der Waals surface area contributed by atoms with E-state index in [1.165, 1.54) is 0 Å². The van der Waals surface area contributed by atoms with Gasteiger partial charge in [-0.3, -0.25) is 0 Å². The molecule has 0 spiro atoms. The molecular formula is C10H20O2. The summed E-state index contributed by atoms with van der Waals surface area (Å²) in [6.45, 7) is 7.76. The minimum atomic E-state index is -0.915. The molecule has 0 radical (unpaired) electrons. The molecule has 1 fully saturated rings. The normalized spacial score (nSPS) is 47.5. The van der Waals surface area contributed by atoms with Crippen LogP contribution in [0.5, 0.6) is 0 Å². The van der Waals surface area contributed by atoms with E-state index in [0.717, 1.165) is 12.8 Å². The summed E-state index contributed by atoms with van der Waals surface area (Å²) in [6.07, 6.45) is 1.39. The van der Waals surface area contributed by atoms with Crippen LogP contribution in [0.25, 0.3) is 0 Å². The van der Waals surface area contributed by atoms with Crippen LogP contribution >= 0.6 is 0 Å². The minimum absolute atomic E-state index is 0.143. The second-order valence-corrected chi connectivity index (χ2v) is 5.06. The molecule has 12 heavy (non-hydrogen) atoms. The molecule has 0 aromatic carbocycles. The highest BCUT2D eigenvalue weighted by Gasteiger charge is 2.48. The molecule has 2 heteroatoms. The van der Waals surface area contributed by atoms with E-state index < -0.39 is 11.7 Å². The van der Waals surface area contributed by atoms with Crippen molar-refractivity contribution in [3.05, 3.63) is 0 Å². The van der Waals surface area contributed by atoms with E-state index in [0.29, 0.717) is 0 Å². The third kappa shape index (κ3) is 1.38. The van der Waals surface area contributed by atoms with Crippen LogP contribution in [-0.4, -0.2) is 21.9 Å². The number of hydrogen-bond donors (Lipinski definition) is 2. The molecular weight excluding hydrogens is 152 g/mol. The number of hydrogen-bond acceptors (Lipinski definition) is 2. The van der Waals surface area contributed by atoms with Crippen LogP contribution in [0.2, 0.25) is 0 Å². The van der Waals surface area contributed by atoms with Crippen LogP contribution in [0.15, 0.2) is 0 Å². The molecule has 1 saturated carbocycles. The number of aliphatic hydroxyl groups excluding tert-OH is 1. The van der Waals surface area contributed by atoms with Crippen molar-refractivity contribution in [2.45, 2.75) is 52.2 Å². The van der Waals surface area contributed by atoms with Gasteiger partial charge in [-0.25, -0.2) is 0 Å². The molecule has 72 valence electrons. The first-order valence-electron chi connectivity index (χ1n) is 4.69. The number of rotatable bonds is 0. The summed E-state index contributed by atoms with van der Waals surface area (Å²) in [5, 5.41) is 19.9. The van der Waals surface area contributed by atoms with Crippen LogP contribution in [0.4, 0.5) is 0 Å². The van der Waals surface area contributed by atoms with Gasteiger partial charge in [0, 0.05) is 0 Å². The second kappa shape index (κ2) is 2.71. The molecule has 0 amide bonds. The largest absolute Gasteiger partial charge is 0.390 e. The number of aliphatic hydroxyl groups is 2. The summed E-state index contributed by atoms with van der Waals surface area (Å²) in [6, 6.07) is 0. The van der Waals surface area contributed by atoms with Gasteiger partial charge in [0.15, 0.2) is 0 Å². The molecule has 1 aliphatic rings. The Hall–Kier alpha value is -0.0800. The van der Waals surface area contributed by atoms with Gasteiger partial charge >= 0.3 is 0 Å². The molecule has 1 rings (SSSR count). The lowest BCUT2D eigenvalue weighted by Gasteiger charge is -2.48. The first-order chi connectivity index (χ1) is 5.28. The fourth-order valence-electron chi connectivity index (χ4n) is 2.08. The van der Waals surface area contributed by atoms with Crippen LogP contribution in [0.3, 0.4) is 0 Å². The standard InChI is InChI=1S/C10H20O2/c1-7-5-6-9(2,3)8(11)10(7,4)12/h7-8,11-12H,5-6H2,1-4H3. The zero-order valence-electron chi connectivity index (χ0n) is 8.46. The van der Waals surface area contributed by atoms with E-state index in [4.69, 9.17) is 0 Å². The molecule has 2 N–H and O–H groups in total. The average molecular weight is 172 g/mol. The van der Waals surface area contributed by atoms with Gasteiger partial charge < -0.3 is 10.2 Å². The van der Waals surface area contributed by atoms with E-state index in [1.807, 2.05) is 20.8 Å². The lowest BCUT2D eigenvalue weighted by molar-refractivity contribution is -0.169. The SMILES string of the molecule is CC1CCC(C)(C)C(O)C1(C)O. The summed E-state index contributed by atoms with van der Waals surface area (Å²) >= 11 is 0. The summed E-state index contributed by atoms with van der Waals surface area (Å²) < 4.78 is 0. The van der Waals surface area contributed by atoms with Gasteiger partial charge in [-0.2, -0.15) is 0 Å². The zero-order valence-corrected chi connectivity index (χ0v) is 8.46. The Balaban J connectivity index is 2.86. The Bertz CT molecular complexity index is 173. The van der Waals surface area contributed by atoms with Crippen LogP contribution < -0.4 is 0 Å². The first kappa shape index (κ1) is 10.0. The second-order valence-electron chi connectivity index (χ2n) is 5.06. The van der Waals surface area contributed by atoms with Crippen molar-refractivity contribution in [2.24, 2.45) is 11.3 Å². The summed E-state index contributed by atoms with van der Waals surface area (Å²) in [5.41, 5.74) is -1.06. The van der Waals surface area contributed by atoms with E-state index in [9.17, 15) is 10.2 Å². The molecule has 0 heterocycles. The summed E-state index contributed by atoms with van der Waals surface area (Å²) in [5.74, 6) is 0.195. The topological polar surface area (TPSA) is 40.5 Å². The van der Waals surface area contributed by atoms with E-state index in [-0.39, 0.29) is 11.3 Å². The van der Waals surface area contributed by atoms with Gasteiger partial charge in [0.05, 0.1) is 11.7 Å². The van der Waals surface area contributed by atoms with Crippen LogP contribution in [0.1, 0.15) is 40.5 Å². The van der Waals surface area contributed by atoms with Crippen molar-refractivity contribution in [1.29, 1.82) is 0 Å². The summed E-state index contributed by atoms with van der Waals surface area (Å²) in [4.78, 5) is 0. The minimum Gasteiger partial charge on any atom is -0.390 e. The van der Waals surface area contributed by atoms with Crippen molar-refractivity contribution in [2.75, 3.05) is 0 Å². The average Bonchev–Trinajstić information content (AvgIpc) is 1.96. The molecule has 2 nitrogen and oxygen atoms in total. The van der Waals surface area contributed by atoms with Gasteiger partial charge in [0.1, 0.15) is 0 Å². The van der Waals surface area contributed by atoms with Crippen molar-refractivity contribution in [3.63, 3.8) is 0 Å². The Kier molecular flexibility index (Phi) is 2.26. The molecule has 1 aliphatic carbocycles. The Morgan fingerprint density at radius 2 is 1.75 bits per heavy atom. The molecule has 0 aromatic heterocycles. The highest BCUT2D eigenvalue weighted by Crippen LogP contribution is 2.43. The molecule has 3 unspecified atom stereocenters. The van der Waals surface area contributed by atoms with Gasteiger partial charge in [0.25, 0.3) is 0 Å². The van der Waals surface area contributed by atoms with Crippen molar-refractivity contribution in [3.8, 4) is 0 Å². The first-order valence-corrected chi connectivity index (χ1v) is 4.69. The highest BCUT2D eigenvalue weighted by molar-refractivity contribution is 4.99. The van der Waals surface area contributed by atoms with E-state index in [2.05, 4.69) is 0 Å². The Morgan fingerprint density at radius 1 is 1.25 bits per heavy atom. The quantitative estimate of drug-likeness (QED) is 0.582. The third-order valence-electron chi connectivity index (χ3n) is 3.51. The maximum Gasteiger partial charge on any atom is 0.0908 e. The monoisotopic (exact) mass is 172 g/mol. The fraction of sp³-hybridized carbons (Fsp3) is 1.00. The van der Waals surface area contributed by atoms with Gasteiger partial charge in [-0.05, 0) is 31.1 Å². The predicted molar refractivity (Wildman–Crippen MR) is 48.8 cm³/mol. The Morgan fingerprint density at radius 3 is 2.17 bits per heavy atom. The van der Waals surface area contributed by atoms with Gasteiger partial charge in [0.2, 0.25) is 0 Å². The van der Waals surface area contributed by atoms with Gasteiger partial charge in [-0.15, -0.1) is 0 Å². The van der Waals surface area contributed by atoms with E-state index >= 15 is 0 Å². The maximum atomic E-state index is 10.00. The third-order valence-corrected chi connectivity index (χ3v) is 3.51. The zero-order chi connectivity index (χ0) is 9.57. The van der Waals surface area contributed by atoms with Crippen LogP contribution in [0, 0.1) is 11.3 Å². The smallest absolute Gasteiger partial charge is 0.0908 e. The van der Waals surface area contributed by atoms with E-state index in [1.54, 1.807) is 6.92 Å². The molecule has 0 saturated heterocycles. The molecule has 0 aromatic rings.